The zero-order chi connectivity index (χ0) is 19.9. The molecule has 7 heteroatoms. The number of imide groups is 1. The Morgan fingerprint density at radius 3 is 2.46 bits per heavy atom. The highest BCUT2D eigenvalue weighted by atomic mass is 16.5. The first-order chi connectivity index (χ1) is 13.6. The second-order valence-corrected chi connectivity index (χ2v) is 7.53. The first kappa shape index (κ1) is 20.3. The molecule has 2 aliphatic heterocycles. The highest BCUT2D eigenvalue weighted by molar-refractivity contribution is 6.21. The Balaban J connectivity index is 1.56. The quantitative estimate of drug-likeness (QED) is 0.383. The lowest BCUT2D eigenvalue weighted by Crippen LogP contribution is -3.19. The zero-order valence-electron chi connectivity index (χ0n) is 16.6. The van der Waals surface area contributed by atoms with Gasteiger partial charge in [-0.3, -0.25) is 14.4 Å². The molecule has 2 heterocycles. The Labute approximate surface area is 166 Å². The Kier molecular flexibility index (Phi) is 7.03. The van der Waals surface area contributed by atoms with E-state index in [0.717, 1.165) is 29.9 Å². The van der Waals surface area contributed by atoms with Crippen LogP contribution in [0.25, 0.3) is 0 Å². The number of rotatable bonds is 9. The number of nitrogens with zero attached hydrogens (tertiary/aromatic N) is 2. The van der Waals surface area contributed by atoms with E-state index in [1.807, 2.05) is 12.1 Å². The number of hydrogen-bond acceptors (Lipinski definition) is 4. The van der Waals surface area contributed by atoms with Gasteiger partial charge in [-0.2, -0.15) is 0 Å². The minimum atomic E-state index is -0.351. The maximum absolute atomic E-state index is 12.9. The SMILES string of the molecule is CCCCCCOc1ccc(N2C(=O)C[C@@H]([NH+]3CCN(C=O)CC3)C2=O)cc1. The monoisotopic (exact) mass is 388 g/mol. The molecule has 2 aliphatic rings. The molecular weight excluding hydrogens is 358 g/mol. The molecule has 1 aromatic rings. The van der Waals surface area contributed by atoms with Crippen LogP contribution in [0, 0.1) is 0 Å². The number of nitrogens with one attached hydrogen (secondary N) is 1. The van der Waals surface area contributed by atoms with E-state index in [9.17, 15) is 14.4 Å². The van der Waals surface area contributed by atoms with Crippen molar-refractivity contribution in [3.05, 3.63) is 24.3 Å². The average Bonchev–Trinajstić information content (AvgIpc) is 3.02. The molecular formula is C21H30N3O4+. The molecule has 0 bridgehead atoms. The molecule has 0 spiro atoms. The van der Waals surface area contributed by atoms with Crippen LogP contribution in [0.3, 0.4) is 0 Å². The van der Waals surface area contributed by atoms with Crippen LogP contribution < -0.4 is 14.5 Å². The number of ether oxygens (including phenoxy) is 1. The van der Waals surface area contributed by atoms with E-state index in [-0.39, 0.29) is 24.3 Å². The van der Waals surface area contributed by atoms with Crippen LogP contribution in [0.15, 0.2) is 24.3 Å². The summed E-state index contributed by atoms with van der Waals surface area (Å²) in [6, 6.07) is 6.84. The van der Waals surface area contributed by atoms with Gasteiger partial charge >= 0.3 is 0 Å². The number of quaternary nitrogens is 1. The van der Waals surface area contributed by atoms with Crippen molar-refractivity contribution < 1.29 is 24.0 Å². The number of carbonyl (C=O) groups excluding carboxylic acids is 3. The van der Waals surface area contributed by atoms with Crippen molar-refractivity contribution in [1.29, 1.82) is 0 Å². The lowest BCUT2D eigenvalue weighted by Gasteiger charge is -2.32. The third-order valence-electron chi connectivity index (χ3n) is 5.59. The van der Waals surface area contributed by atoms with Crippen LogP contribution in [-0.2, 0) is 14.4 Å². The minimum absolute atomic E-state index is 0.146. The first-order valence-corrected chi connectivity index (χ1v) is 10.3. The number of piperazine rings is 1. The summed E-state index contributed by atoms with van der Waals surface area (Å²) in [7, 11) is 0. The topological polar surface area (TPSA) is 71.4 Å². The lowest BCUT2D eigenvalue weighted by molar-refractivity contribution is -0.918. The summed E-state index contributed by atoms with van der Waals surface area (Å²) in [6.07, 6.45) is 5.68. The highest BCUT2D eigenvalue weighted by Gasteiger charge is 2.46. The predicted molar refractivity (Wildman–Crippen MR) is 105 cm³/mol. The van der Waals surface area contributed by atoms with Gasteiger partial charge in [0.1, 0.15) is 5.75 Å². The van der Waals surface area contributed by atoms with Crippen molar-refractivity contribution in [3.63, 3.8) is 0 Å². The largest absolute Gasteiger partial charge is 0.494 e. The zero-order valence-corrected chi connectivity index (χ0v) is 16.6. The molecule has 0 radical (unpaired) electrons. The van der Waals surface area contributed by atoms with Gasteiger partial charge in [-0.15, -0.1) is 0 Å². The van der Waals surface area contributed by atoms with Gasteiger partial charge < -0.3 is 14.5 Å². The second kappa shape index (κ2) is 9.68. The molecule has 0 saturated carbocycles. The summed E-state index contributed by atoms with van der Waals surface area (Å²) in [5.74, 6) is 0.452. The van der Waals surface area contributed by atoms with Crippen molar-refractivity contribution >= 4 is 23.9 Å². The fourth-order valence-corrected chi connectivity index (χ4v) is 3.90. The molecule has 28 heavy (non-hydrogen) atoms. The predicted octanol–water partition coefficient (Wildman–Crippen LogP) is 0.635. The molecule has 0 unspecified atom stereocenters. The summed E-state index contributed by atoms with van der Waals surface area (Å²) >= 11 is 0. The summed E-state index contributed by atoms with van der Waals surface area (Å²) in [4.78, 5) is 40.4. The maximum atomic E-state index is 12.9. The van der Waals surface area contributed by atoms with Gasteiger partial charge in [-0.25, -0.2) is 4.90 Å². The number of carbonyl (C=O) groups is 3. The lowest BCUT2D eigenvalue weighted by atomic mass is 10.2. The molecule has 1 aromatic carbocycles. The number of unbranched alkanes of at least 4 members (excludes halogenated alkanes) is 3. The summed E-state index contributed by atoms with van der Waals surface area (Å²) in [5.41, 5.74) is 0.599. The van der Waals surface area contributed by atoms with Gasteiger partial charge in [0, 0.05) is 0 Å². The van der Waals surface area contributed by atoms with Crippen molar-refractivity contribution in [2.75, 3.05) is 37.7 Å². The normalized spacial score (nSPS) is 20.7. The summed E-state index contributed by atoms with van der Waals surface area (Å²) in [5, 5.41) is 0. The van der Waals surface area contributed by atoms with Crippen LogP contribution >= 0.6 is 0 Å². The maximum Gasteiger partial charge on any atom is 0.292 e. The third kappa shape index (κ3) is 4.70. The molecule has 0 aliphatic carbocycles. The Bertz CT molecular complexity index is 683. The van der Waals surface area contributed by atoms with Gasteiger partial charge in [0.15, 0.2) is 6.04 Å². The standard InChI is InChI=1S/C21H29N3O4/c1-2-3-4-5-14-28-18-8-6-17(7-9-18)24-20(26)15-19(21(24)27)23-12-10-22(16-25)11-13-23/h6-9,16,19H,2-5,10-15H2,1H3/p+1/t19-/m1/s1. The molecule has 1 atom stereocenters. The molecule has 0 aromatic heterocycles. The van der Waals surface area contributed by atoms with Gasteiger partial charge in [-0.05, 0) is 30.7 Å². The van der Waals surface area contributed by atoms with E-state index in [2.05, 4.69) is 6.92 Å². The van der Waals surface area contributed by atoms with Crippen LogP contribution in [-0.4, -0.2) is 62.0 Å². The number of anilines is 1. The number of hydrogen-bond donors (Lipinski definition) is 1. The molecule has 3 rings (SSSR count). The fourth-order valence-electron chi connectivity index (χ4n) is 3.90. The molecule has 2 fully saturated rings. The van der Waals surface area contributed by atoms with Gasteiger partial charge in [0.2, 0.25) is 12.3 Å². The van der Waals surface area contributed by atoms with E-state index in [0.29, 0.717) is 38.5 Å². The smallest absolute Gasteiger partial charge is 0.292 e. The highest BCUT2D eigenvalue weighted by Crippen LogP contribution is 2.24. The van der Waals surface area contributed by atoms with E-state index in [1.165, 1.54) is 17.7 Å². The molecule has 7 nitrogen and oxygen atoms in total. The van der Waals surface area contributed by atoms with Crippen LogP contribution in [0.5, 0.6) is 5.75 Å². The number of benzene rings is 1. The van der Waals surface area contributed by atoms with Crippen LogP contribution in [0.2, 0.25) is 0 Å². The Hall–Kier alpha value is -2.41. The van der Waals surface area contributed by atoms with Crippen molar-refractivity contribution in [1.82, 2.24) is 4.90 Å². The van der Waals surface area contributed by atoms with Crippen molar-refractivity contribution in [2.45, 2.75) is 45.1 Å². The molecule has 2 saturated heterocycles. The fraction of sp³-hybridized carbons (Fsp3) is 0.571. The molecule has 1 N–H and O–H groups in total. The van der Waals surface area contributed by atoms with E-state index in [1.54, 1.807) is 17.0 Å². The van der Waals surface area contributed by atoms with E-state index >= 15 is 0 Å². The van der Waals surface area contributed by atoms with E-state index in [4.69, 9.17) is 4.74 Å². The number of amides is 3. The summed E-state index contributed by atoms with van der Waals surface area (Å²) in [6.45, 7) is 5.50. The third-order valence-corrected chi connectivity index (χ3v) is 5.59. The summed E-state index contributed by atoms with van der Waals surface area (Å²) < 4.78 is 5.74. The van der Waals surface area contributed by atoms with Gasteiger partial charge in [0.05, 0.1) is 44.9 Å². The Morgan fingerprint density at radius 1 is 1.11 bits per heavy atom. The Morgan fingerprint density at radius 2 is 1.82 bits per heavy atom. The van der Waals surface area contributed by atoms with Gasteiger partial charge in [-0.1, -0.05) is 26.2 Å². The van der Waals surface area contributed by atoms with Crippen molar-refractivity contribution in [3.8, 4) is 5.75 Å². The van der Waals surface area contributed by atoms with Crippen LogP contribution in [0.1, 0.15) is 39.0 Å². The minimum Gasteiger partial charge on any atom is -0.494 e. The first-order valence-electron chi connectivity index (χ1n) is 10.3. The molecule has 152 valence electrons. The molecule has 3 amide bonds. The van der Waals surface area contributed by atoms with Gasteiger partial charge in [0.25, 0.3) is 5.91 Å². The van der Waals surface area contributed by atoms with Crippen molar-refractivity contribution in [2.24, 2.45) is 0 Å². The van der Waals surface area contributed by atoms with Crippen LogP contribution in [0.4, 0.5) is 5.69 Å². The average molecular weight is 388 g/mol. The second-order valence-electron chi connectivity index (χ2n) is 7.53. The van der Waals surface area contributed by atoms with E-state index < -0.39 is 0 Å².